The van der Waals surface area contributed by atoms with Gasteiger partial charge < -0.3 is 4.98 Å². The fourth-order valence-electron chi connectivity index (χ4n) is 4.33. The zero-order chi connectivity index (χ0) is 24.1. The summed E-state index contributed by atoms with van der Waals surface area (Å²) >= 11 is 0. The van der Waals surface area contributed by atoms with E-state index in [-0.39, 0.29) is 11.3 Å². The number of benzene rings is 1. The molecule has 1 aliphatic rings. The summed E-state index contributed by atoms with van der Waals surface area (Å²) in [5.74, 6) is 0.616. The first-order chi connectivity index (χ1) is 14.9. The molecule has 1 N–H and O–H groups in total. The Labute approximate surface area is 191 Å². The van der Waals surface area contributed by atoms with Crippen molar-refractivity contribution in [2.24, 2.45) is 5.92 Å². The van der Waals surface area contributed by atoms with Gasteiger partial charge in [0.15, 0.2) is 12.5 Å². The van der Waals surface area contributed by atoms with Gasteiger partial charge in [0, 0.05) is 0 Å². The van der Waals surface area contributed by atoms with Crippen LogP contribution in [0.25, 0.3) is 11.3 Å². The highest BCUT2D eigenvalue weighted by Crippen LogP contribution is 2.28. The quantitative estimate of drug-likeness (QED) is 0.426. The summed E-state index contributed by atoms with van der Waals surface area (Å²) in [6.45, 7) is 20.3. The smallest absolute Gasteiger partial charge is 0.259 e. The predicted octanol–water partition coefficient (Wildman–Crippen LogP) is 6.94. The summed E-state index contributed by atoms with van der Waals surface area (Å²) < 4.78 is 0. The molecule has 31 heavy (non-hydrogen) atoms. The van der Waals surface area contributed by atoms with Gasteiger partial charge in [0.05, 0.1) is 11.3 Å². The van der Waals surface area contributed by atoms with Crippen LogP contribution in [0.3, 0.4) is 0 Å². The predicted molar refractivity (Wildman–Crippen MR) is 139 cm³/mol. The highest BCUT2D eigenvalue weighted by Gasteiger charge is 2.26. The number of ketones is 1. The normalized spacial score (nSPS) is 14.4. The zero-order valence-electron chi connectivity index (χ0n) is 21.6. The lowest BCUT2D eigenvalue weighted by molar-refractivity contribution is 0.101. The van der Waals surface area contributed by atoms with Crippen molar-refractivity contribution in [2.75, 3.05) is 0 Å². The van der Waals surface area contributed by atoms with Gasteiger partial charge in [-0.25, -0.2) is 0 Å². The van der Waals surface area contributed by atoms with E-state index in [0.717, 1.165) is 34.7 Å². The van der Waals surface area contributed by atoms with Crippen LogP contribution >= 0.6 is 0 Å². The molecule has 4 heteroatoms. The van der Waals surface area contributed by atoms with E-state index < -0.39 is 0 Å². The van der Waals surface area contributed by atoms with Crippen LogP contribution in [0.4, 0.5) is 0 Å². The van der Waals surface area contributed by atoms with Crippen LogP contribution in [0.15, 0.2) is 29.1 Å². The van der Waals surface area contributed by atoms with Crippen molar-refractivity contribution in [3.63, 3.8) is 0 Å². The van der Waals surface area contributed by atoms with Crippen molar-refractivity contribution >= 4 is 18.0 Å². The van der Waals surface area contributed by atoms with E-state index in [0.29, 0.717) is 12.3 Å². The molecule has 0 spiro atoms. The minimum absolute atomic E-state index is 0.173. The van der Waals surface area contributed by atoms with Crippen molar-refractivity contribution in [2.45, 2.75) is 94.7 Å². The number of aromatic nitrogens is 1. The third-order valence-electron chi connectivity index (χ3n) is 5.64. The molecule has 1 saturated heterocycles. The van der Waals surface area contributed by atoms with Gasteiger partial charge >= 0.3 is 0 Å². The summed E-state index contributed by atoms with van der Waals surface area (Å²) in [5, 5.41) is 0. The van der Waals surface area contributed by atoms with Gasteiger partial charge in [-0.2, -0.15) is 0 Å². The van der Waals surface area contributed by atoms with Crippen LogP contribution in [-0.4, -0.2) is 17.5 Å². The maximum absolute atomic E-state index is 12.5. The second-order valence-electron chi connectivity index (χ2n) is 7.46. The van der Waals surface area contributed by atoms with Crippen molar-refractivity contribution in [1.82, 2.24) is 4.98 Å². The Hall–Kier alpha value is -2.10. The van der Waals surface area contributed by atoms with E-state index in [1.807, 2.05) is 48.5 Å². The van der Waals surface area contributed by atoms with E-state index in [4.69, 9.17) is 0 Å². The van der Waals surface area contributed by atoms with Gasteiger partial charge in [0.1, 0.15) is 0 Å². The number of aromatic amines is 1. The minimum Gasteiger partial charge on any atom is -0.321 e. The molecule has 172 valence electrons. The number of Topliss-reactive ketones (excluding diaryl/α,β-unsaturated/α-hetero) is 1. The molecule has 0 bridgehead atoms. The SMILES string of the molecule is CC.CC.CC.CCc1c(-c2cccc(B3CCC(C)C3)c2)[nH]c(=O)c(C(C)=O)c1C. The number of hydrogen-bond acceptors (Lipinski definition) is 2. The van der Waals surface area contributed by atoms with Crippen LogP contribution in [0.5, 0.6) is 0 Å². The lowest BCUT2D eigenvalue weighted by Gasteiger charge is -2.15. The highest BCUT2D eigenvalue weighted by molar-refractivity contribution is 6.74. The van der Waals surface area contributed by atoms with Crippen LogP contribution < -0.4 is 11.0 Å². The van der Waals surface area contributed by atoms with Gasteiger partial charge in [-0.15, -0.1) is 0 Å². The molecule has 2 aromatic rings. The molecule has 0 radical (unpaired) electrons. The molecule has 0 saturated carbocycles. The molecule has 0 amide bonds. The second-order valence-corrected chi connectivity index (χ2v) is 7.46. The molecule has 1 fully saturated rings. The average molecular weight is 425 g/mol. The Morgan fingerprint density at radius 3 is 2.23 bits per heavy atom. The second kappa shape index (κ2) is 14.8. The number of H-pyrrole nitrogens is 1. The van der Waals surface area contributed by atoms with Crippen molar-refractivity contribution in [3.05, 3.63) is 51.3 Å². The number of carbonyl (C=O) groups is 1. The average Bonchev–Trinajstić information content (AvgIpc) is 3.24. The third kappa shape index (κ3) is 7.23. The molecule has 1 aliphatic heterocycles. The van der Waals surface area contributed by atoms with E-state index in [9.17, 15) is 9.59 Å². The standard InChI is InChI=1S/C21H26BNO2.3C2H6/c1-5-18-14(3)19(15(4)24)21(25)23-20(18)16-7-6-8-17(11-16)22-10-9-13(2)12-22;3*1-2/h6-8,11,13H,5,9-10,12H2,1-4H3,(H,23,25);3*1-2H3. The first-order valence-electron chi connectivity index (χ1n) is 12.3. The summed E-state index contributed by atoms with van der Waals surface area (Å²) in [6, 6.07) is 8.56. The summed E-state index contributed by atoms with van der Waals surface area (Å²) in [4.78, 5) is 27.3. The first-order valence-corrected chi connectivity index (χ1v) is 12.3. The number of pyridine rings is 1. The Morgan fingerprint density at radius 2 is 1.74 bits per heavy atom. The minimum atomic E-state index is -0.280. The molecular formula is C27H44BNO2. The van der Waals surface area contributed by atoms with Gasteiger partial charge in [0.25, 0.3) is 5.56 Å². The largest absolute Gasteiger partial charge is 0.321 e. The van der Waals surface area contributed by atoms with Gasteiger partial charge in [-0.05, 0) is 37.0 Å². The van der Waals surface area contributed by atoms with E-state index in [2.05, 4.69) is 43.1 Å². The third-order valence-corrected chi connectivity index (χ3v) is 5.64. The first kappa shape index (κ1) is 28.9. The van der Waals surface area contributed by atoms with Gasteiger partial charge in [-0.3, -0.25) is 9.59 Å². The Morgan fingerprint density at radius 1 is 1.13 bits per heavy atom. The van der Waals surface area contributed by atoms with Crippen LogP contribution in [-0.2, 0) is 6.42 Å². The molecule has 1 unspecified atom stereocenters. The maximum Gasteiger partial charge on any atom is 0.259 e. The molecule has 1 atom stereocenters. The van der Waals surface area contributed by atoms with E-state index >= 15 is 0 Å². The van der Waals surface area contributed by atoms with Crippen molar-refractivity contribution in [3.8, 4) is 11.3 Å². The monoisotopic (exact) mass is 425 g/mol. The topological polar surface area (TPSA) is 49.9 Å². The number of rotatable bonds is 4. The summed E-state index contributed by atoms with van der Waals surface area (Å²) in [5.41, 5.74) is 5.15. The lowest BCUT2D eigenvalue weighted by atomic mass is 9.43. The Kier molecular flexibility index (Phi) is 13.8. The van der Waals surface area contributed by atoms with Crippen molar-refractivity contribution in [1.29, 1.82) is 0 Å². The highest BCUT2D eigenvalue weighted by atomic mass is 16.1. The lowest BCUT2D eigenvalue weighted by Crippen LogP contribution is -2.27. The fraction of sp³-hybridized carbons (Fsp3) is 0.556. The Balaban J connectivity index is 0.00000138. The molecule has 3 rings (SSSR count). The molecular weight excluding hydrogens is 381 g/mol. The molecule has 1 aromatic heterocycles. The molecule has 1 aromatic carbocycles. The number of carbonyl (C=O) groups excluding carboxylic acids is 1. The van der Waals surface area contributed by atoms with E-state index in [1.165, 1.54) is 31.4 Å². The molecule has 0 aliphatic carbocycles. The van der Waals surface area contributed by atoms with Crippen LogP contribution in [0.1, 0.15) is 90.2 Å². The molecule has 2 heterocycles. The van der Waals surface area contributed by atoms with Crippen LogP contribution in [0.2, 0.25) is 12.6 Å². The maximum atomic E-state index is 12.5. The van der Waals surface area contributed by atoms with Crippen LogP contribution in [0, 0.1) is 12.8 Å². The molecule has 3 nitrogen and oxygen atoms in total. The number of nitrogens with one attached hydrogen (secondary N) is 1. The fourth-order valence-corrected chi connectivity index (χ4v) is 4.33. The summed E-state index contributed by atoms with van der Waals surface area (Å²) in [7, 11) is 0. The summed E-state index contributed by atoms with van der Waals surface area (Å²) in [6.07, 6.45) is 4.55. The van der Waals surface area contributed by atoms with E-state index in [1.54, 1.807) is 0 Å². The van der Waals surface area contributed by atoms with Crippen molar-refractivity contribution < 1.29 is 4.79 Å². The van der Waals surface area contributed by atoms with Gasteiger partial charge in [-0.1, -0.05) is 110 Å². The van der Waals surface area contributed by atoms with Gasteiger partial charge in [0.2, 0.25) is 0 Å². The number of hydrogen-bond donors (Lipinski definition) is 1. The Bertz CT molecular complexity index is 870. The zero-order valence-corrected chi connectivity index (χ0v) is 21.6.